The van der Waals surface area contributed by atoms with Crippen LogP contribution < -0.4 is 0 Å². The lowest BCUT2D eigenvalue weighted by Gasteiger charge is -2.12. The molecule has 0 bridgehead atoms. The molecule has 14 heavy (non-hydrogen) atoms. The van der Waals surface area contributed by atoms with Gasteiger partial charge in [0.15, 0.2) is 0 Å². The number of carboxylic acid groups (broad SMARTS) is 1. The quantitative estimate of drug-likeness (QED) is 0.574. The van der Waals surface area contributed by atoms with Crippen molar-refractivity contribution in [3.8, 4) is 0 Å². The number of unbranched alkanes of at least 4 members (excludes halogenated alkanes) is 3. The van der Waals surface area contributed by atoms with Gasteiger partial charge in [-0.1, -0.05) is 52.4 Å². The summed E-state index contributed by atoms with van der Waals surface area (Å²) in [5.41, 5.74) is 0. The van der Waals surface area contributed by atoms with Crippen molar-refractivity contribution in [2.24, 2.45) is 5.92 Å². The fourth-order valence-electron chi connectivity index (χ4n) is 1.74. The van der Waals surface area contributed by atoms with E-state index in [2.05, 4.69) is 13.8 Å². The van der Waals surface area contributed by atoms with Gasteiger partial charge in [-0.05, 0) is 12.3 Å². The van der Waals surface area contributed by atoms with Crippen LogP contribution in [0.15, 0.2) is 0 Å². The van der Waals surface area contributed by atoms with Crippen molar-refractivity contribution in [2.75, 3.05) is 0 Å². The number of aliphatic carboxylic acids is 1. The van der Waals surface area contributed by atoms with Gasteiger partial charge < -0.3 is 5.11 Å². The molecule has 1 N–H and O–H groups in total. The summed E-state index contributed by atoms with van der Waals surface area (Å²) in [5, 5.41) is 8.57. The van der Waals surface area contributed by atoms with Crippen LogP contribution in [0.25, 0.3) is 0 Å². The normalized spacial score (nSPS) is 12.7. The fourth-order valence-corrected chi connectivity index (χ4v) is 1.74. The first-order valence-corrected chi connectivity index (χ1v) is 5.92. The Morgan fingerprint density at radius 3 is 2.36 bits per heavy atom. The van der Waals surface area contributed by atoms with Crippen LogP contribution in [0.3, 0.4) is 0 Å². The molecule has 0 aliphatic carbocycles. The largest absolute Gasteiger partial charge is 0.481 e. The molecule has 0 aromatic carbocycles. The third-order valence-corrected chi connectivity index (χ3v) is 2.81. The van der Waals surface area contributed by atoms with Crippen LogP contribution in [0.1, 0.15) is 65.2 Å². The third kappa shape index (κ3) is 8.09. The van der Waals surface area contributed by atoms with E-state index in [1.165, 1.54) is 32.1 Å². The van der Waals surface area contributed by atoms with Gasteiger partial charge in [0.25, 0.3) is 0 Å². The molecule has 0 saturated carbocycles. The first-order chi connectivity index (χ1) is 6.70. The van der Waals surface area contributed by atoms with Gasteiger partial charge in [-0.25, -0.2) is 0 Å². The second-order valence-corrected chi connectivity index (χ2v) is 4.06. The summed E-state index contributed by atoms with van der Waals surface area (Å²) in [6, 6.07) is 0. The maximum atomic E-state index is 10.4. The second-order valence-electron chi connectivity index (χ2n) is 4.06. The Balaban J connectivity index is 3.42. The van der Waals surface area contributed by atoms with Gasteiger partial charge in [0.05, 0.1) is 0 Å². The smallest absolute Gasteiger partial charge is 0.303 e. The molecule has 0 aromatic heterocycles. The van der Waals surface area contributed by atoms with E-state index >= 15 is 0 Å². The van der Waals surface area contributed by atoms with E-state index in [4.69, 9.17) is 5.11 Å². The zero-order valence-corrected chi connectivity index (χ0v) is 9.59. The van der Waals surface area contributed by atoms with Crippen LogP contribution in [0.5, 0.6) is 0 Å². The molecule has 2 nitrogen and oxygen atoms in total. The minimum atomic E-state index is -0.656. The SMILES string of the molecule is CCCCCC[C@H](CC)CCC(=O)O. The van der Waals surface area contributed by atoms with E-state index in [9.17, 15) is 4.79 Å². The molecule has 0 aromatic rings. The monoisotopic (exact) mass is 200 g/mol. The van der Waals surface area contributed by atoms with E-state index in [1.54, 1.807) is 0 Å². The van der Waals surface area contributed by atoms with Gasteiger partial charge in [0, 0.05) is 6.42 Å². The second kappa shape index (κ2) is 9.04. The van der Waals surface area contributed by atoms with Gasteiger partial charge in [-0.2, -0.15) is 0 Å². The van der Waals surface area contributed by atoms with Crippen LogP contribution in [-0.2, 0) is 4.79 Å². The molecule has 0 aliphatic heterocycles. The predicted molar refractivity (Wildman–Crippen MR) is 59.4 cm³/mol. The molecular weight excluding hydrogens is 176 g/mol. The van der Waals surface area contributed by atoms with Crippen LogP contribution >= 0.6 is 0 Å². The highest BCUT2D eigenvalue weighted by Crippen LogP contribution is 2.19. The fraction of sp³-hybridized carbons (Fsp3) is 0.917. The van der Waals surface area contributed by atoms with Crippen molar-refractivity contribution in [3.63, 3.8) is 0 Å². The van der Waals surface area contributed by atoms with Crippen molar-refractivity contribution in [3.05, 3.63) is 0 Å². The van der Waals surface area contributed by atoms with E-state index in [0.29, 0.717) is 12.3 Å². The Bertz CT molecular complexity index is 143. The Morgan fingerprint density at radius 2 is 1.86 bits per heavy atom. The molecule has 0 amide bonds. The Labute approximate surface area is 87.7 Å². The first-order valence-electron chi connectivity index (χ1n) is 5.92. The topological polar surface area (TPSA) is 37.3 Å². The number of rotatable bonds is 9. The molecule has 84 valence electrons. The molecule has 0 heterocycles. The van der Waals surface area contributed by atoms with Crippen LogP contribution in [0.2, 0.25) is 0 Å². The number of hydrogen-bond acceptors (Lipinski definition) is 1. The lowest BCUT2D eigenvalue weighted by Crippen LogP contribution is -2.03. The minimum Gasteiger partial charge on any atom is -0.481 e. The molecule has 2 heteroatoms. The molecule has 0 fully saturated rings. The van der Waals surface area contributed by atoms with Gasteiger partial charge in [-0.15, -0.1) is 0 Å². The standard InChI is InChI=1S/C12H24O2/c1-3-5-6-7-8-11(4-2)9-10-12(13)14/h11H,3-10H2,1-2H3,(H,13,14)/t11-/m0/s1. The van der Waals surface area contributed by atoms with E-state index < -0.39 is 5.97 Å². The molecule has 0 aliphatic rings. The maximum Gasteiger partial charge on any atom is 0.303 e. The van der Waals surface area contributed by atoms with Crippen molar-refractivity contribution in [2.45, 2.75) is 65.2 Å². The van der Waals surface area contributed by atoms with Gasteiger partial charge in [0.2, 0.25) is 0 Å². The Hall–Kier alpha value is -0.530. The Morgan fingerprint density at radius 1 is 1.14 bits per heavy atom. The summed E-state index contributed by atoms with van der Waals surface area (Å²) < 4.78 is 0. The van der Waals surface area contributed by atoms with E-state index in [0.717, 1.165) is 12.8 Å². The van der Waals surface area contributed by atoms with Gasteiger partial charge >= 0.3 is 5.97 Å². The first kappa shape index (κ1) is 13.5. The summed E-state index contributed by atoms with van der Waals surface area (Å²) in [5.74, 6) is -0.0278. The van der Waals surface area contributed by atoms with Crippen LogP contribution in [-0.4, -0.2) is 11.1 Å². The van der Waals surface area contributed by atoms with Crippen molar-refractivity contribution in [1.82, 2.24) is 0 Å². The third-order valence-electron chi connectivity index (χ3n) is 2.81. The molecule has 0 saturated heterocycles. The summed E-state index contributed by atoms with van der Waals surface area (Å²) in [6.07, 6.45) is 8.70. The van der Waals surface area contributed by atoms with Gasteiger partial charge in [0.1, 0.15) is 0 Å². The highest BCUT2D eigenvalue weighted by Gasteiger charge is 2.08. The number of carboxylic acids is 1. The minimum absolute atomic E-state index is 0.340. The van der Waals surface area contributed by atoms with E-state index in [1.807, 2.05) is 0 Å². The summed E-state index contributed by atoms with van der Waals surface area (Å²) in [4.78, 5) is 10.4. The van der Waals surface area contributed by atoms with Crippen LogP contribution in [0, 0.1) is 5.92 Å². The van der Waals surface area contributed by atoms with Crippen molar-refractivity contribution < 1.29 is 9.90 Å². The maximum absolute atomic E-state index is 10.4. The Kier molecular flexibility index (Phi) is 8.70. The van der Waals surface area contributed by atoms with Crippen molar-refractivity contribution in [1.29, 1.82) is 0 Å². The summed E-state index contributed by atoms with van der Waals surface area (Å²) in [6.45, 7) is 4.37. The average molecular weight is 200 g/mol. The molecule has 0 unspecified atom stereocenters. The number of carbonyl (C=O) groups is 1. The molecule has 0 radical (unpaired) electrons. The highest BCUT2D eigenvalue weighted by molar-refractivity contribution is 5.66. The average Bonchev–Trinajstić information content (AvgIpc) is 2.16. The summed E-state index contributed by atoms with van der Waals surface area (Å²) >= 11 is 0. The van der Waals surface area contributed by atoms with Crippen molar-refractivity contribution >= 4 is 5.97 Å². The summed E-state index contributed by atoms with van der Waals surface area (Å²) in [7, 11) is 0. The lowest BCUT2D eigenvalue weighted by atomic mass is 9.94. The van der Waals surface area contributed by atoms with Gasteiger partial charge in [-0.3, -0.25) is 4.79 Å². The lowest BCUT2D eigenvalue weighted by molar-refractivity contribution is -0.137. The highest BCUT2D eigenvalue weighted by atomic mass is 16.4. The predicted octanol–water partition coefficient (Wildman–Crippen LogP) is 3.85. The van der Waals surface area contributed by atoms with E-state index in [-0.39, 0.29) is 0 Å². The number of hydrogen-bond donors (Lipinski definition) is 1. The zero-order valence-electron chi connectivity index (χ0n) is 9.59. The zero-order chi connectivity index (χ0) is 10.8. The molecule has 0 spiro atoms. The molecule has 0 rings (SSSR count). The molecular formula is C12H24O2. The molecule has 1 atom stereocenters. The van der Waals surface area contributed by atoms with Crippen LogP contribution in [0.4, 0.5) is 0 Å².